The topological polar surface area (TPSA) is 61.4 Å². The normalized spacial score (nSPS) is 34.4. The van der Waals surface area contributed by atoms with Gasteiger partial charge in [-0.15, -0.1) is 0 Å². The van der Waals surface area contributed by atoms with E-state index in [4.69, 9.17) is 5.11 Å². The number of fused-ring (bicyclic) bond motifs is 1. The third-order valence-corrected chi connectivity index (χ3v) is 2.25. The Hall–Kier alpha value is -1.03. The molecule has 2 unspecified atom stereocenters. The summed E-state index contributed by atoms with van der Waals surface area (Å²) < 4.78 is 0. The number of carboxylic acid groups (broad SMARTS) is 1. The lowest BCUT2D eigenvalue weighted by atomic mass is 10.0. The van der Waals surface area contributed by atoms with E-state index in [0.29, 0.717) is 5.92 Å². The third-order valence-electron chi connectivity index (χ3n) is 2.25. The molecule has 3 N–H and O–H groups in total. The molecule has 1 fully saturated rings. The highest BCUT2D eigenvalue weighted by Gasteiger charge is 2.36. The summed E-state index contributed by atoms with van der Waals surface area (Å²) in [4.78, 5) is 10.6. The Morgan fingerprint density at radius 2 is 2.45 bits per heavy atom. The number of carboxylic acids is 1. The van der Waals surface area contributed by atoms with E-state index in [1.165, 1.54) is 0 Å². The van der Waals surface area contributed by atoms with Gasteiger partial charge in [-0.2, -0.15) is 0 Å². The van der Waals surface area contributed by atoms with Crippen LogP contribution in [0.5, 0.6) is 0 Å². The second kappa shape index (κ2) is 2.23. The molecule has 60 valence electrons. The van der Waals surface area contributed by atoms with Gasteiger partial charge in [0.25, 0.3) is 0 Å². The Labute approximate surface area is 64.3 Å². The van der Waals surface area contributed by atoms with Crippen molar-refractivity contribution < 1.29 is 9.90 Å². The van der Waals surface area contributed by atoms with Gasteiger partial charge in [0, 0.05) is 19.0 Å². The van der Waals surface area contributed by atoms with Crippen LogP contribution in [0, 0.1) is 5.92 Å². The van der Waals surface area contributed by atoms with Gasteiger partial charge in [0.15, 0.2) is 0 Å². The average Bonchev–Trinajstić information content (AvgIpc) is 2.41. The van der Waals surface area contributed by atoms with Gasteiger partial charge in [0.1, 0.15) is 6.04 Å². The Balaban J connectivity index is 2.20. The monoisotopic (exact) mass is 154 g/mol. The lowest BCUT2D eigenvalue weighted by Crippen LogP contribution is -2.31. The SMILES string of the molecule is O=C(O)C1NCC2CNC=C21. The molecule has 2 aliphatic rings. The smallest absolute Gasteiger partial charge is 0.325 e. The van der Waals surface area contributed by atoms with E-state index < -0.39 is 12.0 Å². The van der Waals surface area contributed by atoms with Crippen molar-refractivity contribution in [3.05, 3.63) is 11.8 Å². The van der Waals surface area contributed by atoms with Crippen molar-refractivity contribution in [2.45, 2.75) is 6.04 Å². The van der Waals surface area contributed by atoms with E-state index in [1.54, 1.807) is 0 Å². The molecule has 1 saturated heterocycles. The number of rotatable bonds is 1. The van der Waals surface area contributed by atoms with Gasteiger partial charge in [-0.1, -0.05) is 0 Å². The second-order valence-corrected chi connectivity index (χ2v) is 2.93. The molecule has 2 heterocycles. The lowest BCUT2D eigenvalue weighted by Gasteiger charge is -2.03. The van der Waals surface area contributed by atoms with Gasteiger partial charge in [-0.3, -0.25) is 4.79 Å². The van der Waals surface area contributed by atoms with Crippen LogP contribution in [0.3, 0.4) is 0 Å². The molecule has 0 aromatic rings. The summed E-state index contributed by atoms with van der Waals surface area (Å²) in [5, 5.41) is 14.7. The first-order valence-corrected chi connectivity index (χ1v) is 3.68. The molecule has 0 saturated carbocycles. The fourth-order valence-electron chi connectivity index (χ4n) is 1.67. The van der Waals surface area contributed by atoms with Gasteiger partial charge in [-0.05, 0) is 11.8 Å². The quantitative estimate of drug-likeness (QED) is 0.460. The van der Waals surface area contributed by atoms with E-state index in [0.717, 1.165) is 18.7 Å². The van der Waals surface area contributed by atoms with Gasteiger partial charge >= 0.3 is 5.97 Å². The van der Waals surface area contributed by atoms with Crippen LogP contribution in [0.15, 0.2) is 11.8 Å². The summed E-state index contributed by atoms with van der Waals surface area (Å²) >= 11 is 0. The summed E-state index contributed by atoms with van der Waals surface area (Å²) in [6, 6.07) is -0.449. The van der Waals surface area contributed by atoms with Crippen molar-refractivity contribution >= 4 is 5.97 Å². The largest absolute Gasteiger partial charge is 0.480 e. The van der Waals surface area contributed by atoms with Gasteiger partial charge in [0.2, 0.25) is 0 Å². The zero-order valence-electron chi connectivity index (χ0n) is 6.00. The van der Waals surface area contributed by atoms with Crippen molar-refractivity contribution in [2.75, 3.05) is 13.1 Å². The number of hydrogen-bond donors (Lipinski definition) is 3. The summed E-state index contributed by atoms with van der Waals surface area (Å²) in [6.45, 7) is 1.67. The number of nitrogens with one attached hydrogen (secondary N) is 2. The molecule has 0 spiro atoms. The Morgan fingerprint density at radius 3 is 3.18 bits per heavy atom. The molecule has 2 aliphatic heterocycles. The number of aliphatic carboxylic acids is 1. The Bertz CT molecular complexity index is 224. The first-order valence-electron chi connectivity index (χ1n) is 3.68. The van der Waals surface area contributed by atoms with E-state index in [9.17, 15) is 4.79 Å². The molecule has 0 aromatic carbocycles. The van der Waals surface area contributed by atoms with Crippen LogP contribution < -0.4 is 10.6 Å². The Kier molecular flexibility index (Phi) is 1.35. The summed E-state index contributed by atoms with van der Waals surface area (Å²) in [6.07, 6.45) is 1.82. The van der Waals surface area contributed by atoms with Crippen molar-refractivity contribution in [1.29, 1.82) is 0 Å². The van der Waals surface area contributed by atoms with Crippen LogP contribution in [0.25, 0.3) is 0 Å². The molecular formula is C7H10N2O2. The highest BCUT2D eigenvalue weighted by molar-refractivity contribution is 5.78. The first kappa shape index (κ1) is 6.67. The second-order valence-electron chi connectivity index (χ2n) is 2.93. The van der Waals surface area contributed by atoms with Crippen LogP contribution >= 0.6 is 0 Å². The molecular weight excluding hydrogens is 144 g/mol. The zero-order chi connectivity index (χ0) is 7.84. The fourth-order valence-corrected chi connectivity index (χ4v) is 1.67. The molecule has 0 aromatic heterocycles. The van der Waals surface area contributed by atoms with E-state index in [-0.39, 0.29) is 0 Å². The molecule has 0 aliphatic carbocycles. The molecule has 2 atom stereocenters. The van der Waals surface area contributed by atoms with Crippen LogP contribution in [0.2, 0.25) is 0 Å². The summed E-state index contributed by atoms with van der Waals surface area (Å²) in [5.74, 6) is -0.376. The van der Waals surface area contributed by atoms with Crippen molar-refractivity contribution in [2.24, 2.45) is 5.92 Å². The van der Waals surface area contributed by atoms with Crippen LogP contribution in [0.4, 0.5) is 0 Å². The van der Waals surface area contributed by atoms with E-state index in [2.05, 4.69) is 10.6 Å². The molecule has 0 amide bonds. The van der Waals surface area contributed by atoms with E-state index >= 15 is 0 Å². The van der Waals surface area contributed by atoms with Gasteiger partial charge < -0.3 is 15.7 Å². The number of carbonyl (C=O) groups is 1. The van der Waals surface area contributed by atoms with Crippen LogP contribution in [-0.4, -0.2) is 30.2 Å². The predicted molar refractivity (Wildman–Crippen MR) is 39.0 cm³/mol. The van der Waals surface area contributed by atoms with Crippen molar-refractivity contribution in [1.82, 2.24) is 10.6 Å². The predicted octanol–water partition coefficient (Wildman–Crippen LogP) is -0.854. The molecule has 4 nitrogen and oxygen atoms in total. The first-order chi connectivity index (χ1) is 5.29. The minimum atomic E-state index is -0.776. The van der Waals surface area contributed by atoms with Gasteiger partial charge in [-0.25, -0.2) is 0 Å². The average molecular weight is 154 g/mol. The van der Waals surface area contributed by atoms with E-state index in [1.807, 2.05) is 6.20 Å². The van der Waals surface area contributed by atoms with Crippen molar-refractivity contribution in [3.63, 3.8) is 0 Å². The lowest BCUT2D eigenvalue weighted by molar-refractivity contribution is -0.138. The number of hydrogen-bond acceptors (Lipinski definition) is 3. The summed E-state index contributed by atoms with van der Waals surface area (Å²) in [5.41, 5.74) is 0.998. The van der Waals surface area contributed by atoms with Crippen LogP contribution in [0.1, 0.15) is 0 Å². The molecule has 11 heavy (non-hydrogen) atoms. The minimum absolute atomic E-state index is 0.399. The minimum Gasteiger partial charge on any atom is -0.480 e. The highest BCUT2D eigenvalue weighted by Crippen LogP contribution is 2.23. The molecule has 2 rings (SSSR count). The van der Waals surface area contributed by atoms with Crippen LogP contribution in [-0.2, 0) is 4.79 Å². The molecule has 4 heteroatoms. The zero-order valence-corrected chi connectivity index (χ0v) is 6.00. The molecule has 0 bridgehead atoms. The maximum absolute atomic E-state index is 10.6. The summed E-state index contributed by atoms with van der Waals surface area (Å²) in [7, 11) is 0. The fraction of sp³-hybridized carbons (Fsp3) is 0.571. The Morgan fingerprint density at radius 1 is 1.64 bits per heavy atom. The maximum Gasteiger partial charge on any atom is 0.325 e. The van der Waals surface area contributed by atoms with Crippen molar-refractivity contribution in [3.8, 4) is 0 Å². The highest BCUT2D eigenvalue weighted by atomic mass is 16.4. The standard InChI is InChI=1S/C7H10N2O2/c10-7(11)6-5-3-8-1-4(5)2-9-6/h3-4,6,8-9H,1-2H2,(H,10,11). The van der Waals surface area contributed by atoms with Gasteiger partial charge in [0.05, 0.1) is 0 Å². The maximum atomic E-state index is 10.6. The molecule has 0 radical (unpaired) electrons. The third kappa shape index (κ3) is 0.903.